The summed E-state index contributed by atoms with van der Waals surface area (Å²) >= 11 is 0. The van der Waals surface area contributed by atoms with E-state index in [1.807, 2.05) is 0 Å². The lowest BCUT2D eigenvalue weighted by Crippen LogP contribution is -2.50. The largest absolute Gasteiger partial charge is 0.481 e. The maximum absolute atomic E-state index is 11.8. The molecule has 1 atom stereocenters. The van der Waals surface area contributed by atoms with Gasteiger partial charge < -0.3 is 15.7 Å². The number of hydrogen-bond acceptors (Lipinski definition) is 6. The van der Waals surface area contributed by atoms with Crippen LogP contribution in [0.15, 0.2) is 0 Å². The van der Waals surface area contributed by atoms with E-state index in [-0.39, 0.29) is 19.4 Å². The number of carbonyl (C=O) groups is 3. The summed E-state index contributed by atoms with van der Waals surface area (Å²) in [7, 11) is -3.53. The third-order valence-electron chi connectivity index (χ3n) is 2.22. The van der Waals surface area contributed by atoms with Crippen molar-refractivity contribution < 1.29 is 27.9 Å². The third kappa shape index (κ3) is 10.3. The van der Waals surface area contributed by atoms with Crippen LogP contribution in [0.2, 0.25) is 0 Å². The topological polar surface area (TPSA) is 153 Å². The molecule has 0 aromatic rings. The highest BCUT2D eigenvalue weighted by Gasteiger charge is 2.24. The summed E-state index contributed by atoms with van der Waals surface area (Å²) in [5.74, 6) is -3.26. The van der Waals surface area contributed by atoms with Crippen LogP contribution in [0.4, 0.5) is 0 Å². The van der Waals surface area contributed by atoms with Crippen LogP contribution in [0.3, 0.4) is 0 Å². The van der Waals surface area contributed by atoms with Gasteiger partial charge in [-0.15, -0.1) is 0 Å². The van der Waals surface area contributed by atoms with Crippen molar-refractivity contribution >= 4 is 27.6 Å². The van der Waals surface area contributed by atoms with E-state index in [0.717, 1.165) is 6.26 Å². The molecule has 0 saturated heterocycles. The van der Waals surface area contributed by atoms with E-state index in [2.05, 4.69) is 10.6 Å². The Morgan fingerprint density at radius 2 is 1.90 bits per heavy atom. The van der Waals surface area contributed by atoms with Crippen LogP contribution in [-0.2, 0) is 24.2 Å². The second kappa shape index (κ2) is 8.91. The SMILES string of the molecule is CS(=O)(=O)CC(NC(=O)CCC(=O)O)C(=O)NCCC#N. The minimum atomic E-state index is -3.53. The number of aliphatic carboxylic acids is 1. The van der Waals surface area contributed by atoms with Crippen LogP contribution in [0, 0.1) is 11.3 Å². The Morgan fingerprint density at radius 3 is 2.38 bits per heavy atom. The molecule has 0 heterocycles. The number of nitrogens with one attached hydrogen (secondary N) is 2. The summed E-state index contributed by atoms with van der Waals surface area (Å²) in [6.45, 7) is 0.0284. The molecule has 3 N–H and O–H groups in total. The van der Waals surface area contributed by atoms with Crippen molar-refractivity contribution in [2.75, 3.05) is 18.6 Å². The molecule has 0 bridgehead atoms. The van der Waals surface area contributed by atoms with Gasteiger partial charge in [-0.3, -0.25) is 14.4 Å². The fourth-order valence-electron chi connectivity index (χ4n) is 1.34. The lowest BCUT2D eigenvalue weighted by Gasteiger charge is -2.17. The number of carboxylic acid groups (broad SMARTS) is 1. The molecule has 0 aromatic carbocycles. The summed E-state index contributed by atoms with van der Waals surface area (Å²) in [6, 6.07) is 0.479. The van der Waals surface area contributed by atoms with Crippen LogP contribution in [0.1, 0.15) is 19.3 Å². The van der Waals surface area contributed by atoms with Crippen molar-refractivity contribution in [3.8, 4) is 6.07 Å². The van der Waals surface area contributed by atoms with Gasteiger partial charge in [0.1, 0.15) is 15.9 Å². The number of rotatable bonds is 9. The number of amides is 2. The first-order chi connectivity index (χ1) is 9.65. The number of carbonyl (C=O) groups excluding carboxylic acids is 2. The Labute approximate surface area is 122 Å². The molecule has 9 nitrogen and oxygen atoms in total. The molecule has 0 aromatic heterocycles. The maximum atomic E-state index is 11.8. The quantitative estimate of drug-likeness (QED) is 0.433. The van der Waals surface area contributed by atoms with Gasteiger partial charge in [0, 0.05) is 19.2 Å². The van der Waals surface area contributed by atoms with Crippen molar-refractivity contribution in [2.24, 2.45) is 0 Å². The number of nitrogens with zero attached hydrogens (tertiary/aromatic N) is 1. The highest BCUT2D eigenvalue weighted by atomic mass is 32.2. The lowest BCUT2D eigenvalue weighted by molar-refractivity contribution is -0.139. The molecule has 2 amide bonds. The number of carboxylic acids is 1. The van der Waals surface area contributed by atoms with Gasteiger partial charge in [0.05, 0.1) is 24.7 Å². The van der Waals surface area contributed by atoms with Crippen molar-refractivity contribution in [1.29, 1.82) is 5.26 Å². The highest BCUT2D eigenvalue weighted by molar-refractivity contribution is 7.90. The Kier molecular flexibility index (Phi) is 8.00. The van der Waals surface area contributed by atoms with E-state index >= 15 is 0 Å². The zero-order valence-corrected chi connectivity index (χ0v) is 12.3. The Bertz CT molecular complexity index is 537. The fraction of sp³-hybridized carbons (Fsp3) is 0.636. The molecule has 118 valence electrons. The maximum Gasteiger partial charge on any atom is 0.303 e. The van der Waals surface area contributed by atoms with E-state index in [9.17, 15) is 22.8 Å². The average molecular weight is 319 g/mol. The van der Waals surface area contributed by atoms with Gasteiger partial charge in [-0.2, -0.15) is 5.26 Å². The zero-order valence-electron chi connectivity index (χ0n) is 11.5. The second-order valence-corrected chi connectivity index (χ2v) is 6.49. The molecule has 1 unspecified atom stereocenters. The Morgan fingerprint density at radius 1 is 1.29 bits per heavy atom. The zero-order chi connectivity index (χ0) is 16.5. The summed E-state index contributed by atoms with van der Waals surface area (Å²) < 4.78 is 22.5. The molecule has 0 radical (unpaired) electrons. The highest BCUT2D eigenvalue weighted by Crippen LogP contribution is 1.96. The lowest BCUT2D eigenvalue weighted by atomic mass is 10.2. The van der Waals surface area contributed by atoms with Crippen LogP contribution in [-0.4, -0.2) is 55.9 Å². The molecule has 21 heavy (non-hydrogen) atoms. The first-order valence-corrected chi connectivity index (χ1v) is 8.05. The summed E-state index contributed by atoms with van der Waals surface area (Å²) in [4.78, 5) is 33.6. The van der Waals surface area contributed by atoms with Gasteiger partial charge in [0.25, 0.3) is 0 Å². The first kappa shape index (κ1) is 18.9. The van der Waals surface area contributed by atoms with E-state index in [1.165, 1.54) is 0 Å². The molecule has 0 aliphatic carbocycles. The van der Waals surface area contributed by atoms with E-state index in [1.54, 1.807) is 6.07 Å². The number of sulfone groups is 1. The molecule has 0 saturated carbocycles. The molecular formula is C11H17N3O6S. The van der Waals surface area contributed by atoms with E-state index in [4.69, 9.17) is 10.4 Å². The predicted molar refractivity (Wildman–Crippen MR) is 71.8 cm³/mol. The molecule has 0 spiro atoms. The summed E-state index contributed by atoms with van der Waals surface area (Å²) in [6.07, 6.45) is 0.171. The smallest absolute Gasteiger partial charge is 0.303 e. The van der Waals surface area contributed by atoms with Gasteiger partial charge in [-0.05, 0) is 0 Å². The average Bonchev–Trinajstić information content (AvgIpc) is 2.34. The predicted octanol–water partition coefficient (Wildman–Crippen LogP) is -1.59. The van der Waals surface area contributed by atoms with E-state index in [0.29, 0.717) is 0 Å². The van der Waals surface area contributed by atoms with Crippen LogP contribution in [0.5, 0.6) is 0 Å². The second-order valence-electron chi connectivity index (χ2n) is 4.31. The molecular weight excluding hydrogens is 302 g/mol. The summed E-state index contributed by atoms with van der Waals surface area (Å²) in [5, 5.41) is 21.3. The van der Waals surface area contributed by atoms with Crippen LogP contribution < -0.4 is 10.6 Å². The van der Waals surface area contributed by atoms with Crippen molar-refractivity contribution in [1.82, 2.24) is 10.6 Å². The molecule has 0 aliphatic rings. The minimum Gasteiger partial charge on any atom is -0.481 e. The normalized spacial score (nSPS) is 12.0. The van der Waals surface area contributed by atoms with Gasteiger partial charge >= 0.3 is 5.97 Å². The Balaban J connectivity index is 4.66. The third-order valence-corrected chi connectivity index (χ3v) is 3.16. The monoisotopic (exact) mass is 319 g/mol. The van der Waals surface area contributed by atoms with Crippen LogP contribution >= 0.6 is 0 Å². The summed E-state index contributed by atoms with van der Waals surface area (Å²) in [5.41, 5.74) is 0. The fourth-order valence-corrected chi connectivity index (χ4v) is 2.18. The van der Waals surface area contributed by atoms with Crippen molar-refractivity contribution in [3.05, 3.63) is 0 Å². The van der Waals surface area contributed by atoms with Gasteiger partial charge in [-0.1, -0.05) is 0 Å². The van der Waals surface area contributed by atoms with Gasteiger partial charge in [0.2, 0.25) is 11.8 Å². The van der Waals surface area contributed by atoms with Crippen LogP contribution in [0.25, 0.3) is 0 Å². The minimum absolute atomic E-state index is 0.0284. The standard InChI is InChI=1S/C11H17N3O6S/c1-21(19,20)7-8(11(18)13-6-2-5-12)14-9(15)3-4-10(16)17/h8H,2-4,6-7H2,1H3,(H,13,18)(H,14,15)(H,16,17). The molecule has 10 heteroatoms. The molecule has 0 rings (SSSR count). The number of nitriles is 1. The van der Waals surface area contributed by atoms with Gasteiger partial charge in [-0.25, -0.2) is 8.42 Å². The van der Waals surface area contributed by atoms with Gasteiger partial charge in [0.15, 0.2) is 0 Å². The van der Waals surface area contributed by atoms with Crippen molar-refractivity contribution in [3.63, 3.8) is 0 Å². The molecule has 0 aliphatic heterocycles. The Hall–Kier alpha value is -2.15. The number of hydrogen-bond donors (Lipinski definition) is 3. The van der Waals surface area contributed by atoms with Crippen molar-refractivity contribution in [2.45, 2.75) is 25.3 Å². The van der Waals surface area contributed by atoms with E-state index < -0.39 is 45.8 Å². The molecule has 0 fully saturated rings. The first-order valence-electron chi connectivity index (χ1n) is 5.99.